The quantitative estimate of drug-likeness (QED) is 0.354. The van der Waals surface area contributed by atoms with E-state index in [0.29, 0.717) is 37.8 Å². The average molecular weight is 341 g/mol. The molecule has 0 aliphatic carbocycles. The summed E-state index contributed by atoms with van der Waals surface area (Å²) >= 11 is 0. The van der Waals surface area contributed by atoms with E-state index in [1.165, 1.54) is 12.8 Å². The van der Waals surface area contributed by atoms with Crippen molar-refractivity contribution in [3.8, 4) is 0 Å². The van der Waals surface area contributed by atoms with E-state index in [1.807, 2.05) is 6.92 Å². The number of nitrogens with two attached hydrogens (primary N) is 1. The number of amides is 1. The van der Waals surface area contributed by atoms with Gasteiger partial charge < -0.3 is 16.2 Å². The number of allylic oxidation sites excluding steroid dienone is 2. The Bertz CT molecular complexity index is 407. The molecule has 24 heavy (non-hydrogen) atoms. The molecule has 140 valence electrons. The molecule has 0 heterocycles. The maximum Gasteiger partial charge on any atom is 0.304 e. The van der Waals surface area contributed by atoms with Gasteiger partial charge in [-0.1, -0.05) is 45.3 Å². The summed E-state index contributed by atoms with van der Waals surface area (Å²) in [4.78, 5) is 23.2. The Morgan fingerprint density at radius 1 is 1.25 bits per heavy atom. The van der Waals surface area contributed by atoms with Gasteiger partial charge in [0.1, 0.15) is 0 Å². The highest BCUT2D eigenvalue weighted by molar-refractivity contribution is 5.83. The minimum Gasteiger partial charge on any atom is -0.481 e. The van der Waals surface area contributed by atoms with E-state index in [1.54, 1.807) is 0 Å². The van der Waals surface area contributed by atoms with Crippen LogP contribution in [0, 0.1) is 17.8 Å². The molecule has 0 radical (unpaired) electrons. The number of carboxylic acids is 1. The smallest absolute Gasteiger partial charge is 0.304 e. The normalized spacial score (nSPS) is 15.6. The van der Waals surface area contributed by atoms with E-state index in [0.717, 1.165) is 12.0 Å². The molecule has 1 amide bonds. The number of nitrogens with one attached hydrogen (secondary N) is 1. The summed E-state index contributed by atoms with van der Waals surface area (Å²) in [7, 11) is 0. The molecular formula is C19H36N2O3. The Morgan fingerprint density at radius 2 is 1.92 bits per heavy atom. The number of carbonyl (C=O) groups is 2. The molecule has 3 unspecified atom stereocenters. The van der Waals surface area contributed by atoms with Crippen LogP contribution in [0.15, 0.2) is 11.6 Å². The van der Waals surface area contributed by atoms with Gasteiger partial charge in [-0.2, -0.15) is 0 Å². The van der Waals surface area contributed by atoms with Crippen molar-refractivity contribution in [3.63, 3.8) is 0 Å². The van der Waals surface area contributed by atoms with E-state index in [4.69, 9.17) is 10.8 Å². The van der Waals surface area contributed by atoms with Crippen LogP contribution < -0.4 is 11.1 Å². The van der Waals surface area contributed by atoms with Gasteiger partial charge in [-0.15, -0.1) is 0 Å². The minimum absolute atomic E-state index is 0.139. The van der Waals surface area contributed by atoms with Crippen molar-refractivity contribution in [3.05, 3.63) is 11.6 Å². The monoisotopic (exact) mass is 340 g/mol. The zero-order valence-corrected chi connectivity index (χ0v) is 15.8. The summed E-state index contributed by atoms with van der Waals surface area (Å²) in [5, 5.41) is 11.8. The van der Waals surface area contributed by atoms with Gasteiger partial charge >= 0.3 is 5.97 Å². The Kier molecular flexibility index (Phi) is 12.3. The van der Waals surface area contributed by atoms with E-state index < -0.39 is 11.9 Å². The molecule has 0 spiro atoms. The van der Waals surface area contributed by atoms with Gasteiger partial charge in [0, 0.05) is 6.54 Å². The first-order valence-corrected chi connectivity index (χ1v) is 9.16. The van der Waals surface area contributed by atoms with Gasteiger partial charge in [-0.3, -0.25) is 9.59 Å². The summed E-state index contributed by atoms with van der Waals surface area (Å²) in [5.74, 6) is -0.519. The van der Waals surface area contributed by atoms with Crippen LogP contribution in [0.3, 0.4) is 0 Å². The lowest BCUT2D eigenvalue weighted by Gasteiger charge is -2.18. The van der Waals surface area contributed by atoms with Gasteiger partial charge in [-0.05, 0) is 44.6 Å². The van der Waals surface area contributed by atoms with E-state index in [2.05, 4.69) is 32.2 Å². The molecule has 4 N–H and O–H groups in total. The van der Waals surface area contributed by atoms with Gasteiger partial charge in [0.05, 0.1) is 12.3 Å². The van der Waals surface area contributed by atoms with Gasteiger partial charge in [0.25, 0.3) is 0 Å². The molecule has 3 atom stereocenters. The predicted molar refractivity (Wildman–Crippen MR) is 98.7 cm³/mol. The fourth-order valence-corrected chi connectivity index (χ4v) is 3.18. The number of rotatable bonds is 13. The number of hydrogen-bond donors (Lipinski definition) is 3. The highest BCUT2D eigenvalue weighted by Gasteiger charge is 2.22. The van der Waals surface area contributed by atoms with Crippen molar-refractivity contribution < 1.29 is 14.7 Å². The molecule has 5 heteroatoms. The second-order valence-corrected chi connectivity index (χ2v) is 7.05. The zero-order valence-electron chi connectivity index (χ0n) is 15.8. The molecule has 0 aromatic carbocycles. The number of hydrogen-bond acceptors (Lipinski definition) is 3. The van der Waals surface area contributed by atoms with Crippen LogP contribution in [0.2, 0.25) is 0 Å². The third-order valence-corrected chi connectivity index (χ3v) is 4.16. The number of carboxylic acid groups (broad SMARTS) is 1. The van der Waals surface area contributed by atoms with Crippen molar-refractivity contribution in [1.29, 1.82) is 0 Å². The fraction of sp³-hybridized carbons (Fsp3) is 0.789. The summed E-state index contributed by atoms with van der Waals surface area (Å²) < 4.78 is 0. The van der Waals surface area contributed by atoms with Crippen LogP contribution >= 0.6 is 0 Å². The molecule has 0 aromatic heterocycles. The molecule has 0 rings (SSSR count). The highest BCUT2D eigenvalue weighted by Crippen LogP contribution is 2.22. The lowest BCUT2D eigenvalue weighted by molar-refractivity contribution is -0.141. The Morgan fingerprint density at radius 3 is 2.46 bits per heavy atom. The molecule has 5 nitrogen and oxygen atoms in total. The lowest BCUT2D eigenvalue weighted by atomic mass is 9.90. The third kappa shape index (κ3) is 11.2. The Balaban J connectivity index is 4.66. The second-order valence-electron chi connectivity index (χ2n) is 7.05. The summed E-state index contributed by atoms with van der Waals surface area (Å²) in [5.41, 5.74) is 6.50. The Hall–Kier alpha value is -1.36. The van der Waals surface area contributed by atoms with Crippen molar-refractivity contribution in [2.75, 3.05) is 13.1 Å². The molecule has 0 aliphatic rings. The van der Waals surface area contributed by atoms with Crippen molar-refractivity contribution >= 4 is 11.9 Å². The predicted octanol–water partition coefficient (Wildman–Crippen LogP) is 3.34. The Labute approximate surface area is 147 Å². The van der Waals surface area contributed by atoms with E-state index in [-0.39, 0.29) is 12.3 Å². The molecule has 0 bridgehead atoms. The van der Waals surface area contributed by atoms with Crippen LogP contribution in [-0.2, 0) is 9.59 Å². The third-order valence-electron chi connectivity index (χ3n) is 4.16. The SMILES string of the molecule is CCCC(C)CC(C)/C=C(\C)CC(CC(=O)O)C(=O)NCCCN. The molecule has 0 aliphatic heterocycles. The zero-order chi connectivity index (χ0) is 18.5. The summed E-state index contributed by atoms with van der Waals surface area (Å²) in [6, 6.07) is 0. The highest BCUT2D eigenvalue weighted by atomic mass is 16.4. The average Bonchev–Trinajstić information content (AvgIpc) is 2.45. The standard InChI is InChI=1S/C19H36N2O3/c1-5-7-14(2)10-15(3)11-16(4)12-17(13-18(22)23)19(24)21-9-6-8-20/h11,14-15,17H,5-10,12-13,20H2,1-4H3,(H,21,24)(H,22,23)/b16-11+. The van der Waals surface area contributed by atoms with Crippen LogP contribution in [0.4, 0.5) is 0 Å². The number of aliphatic carboxylic acids is 1. The first kappa shape index (κ1) is 22.6. The topological polar surface area (TPSA) is 92.4 Å². The summed E-state index contributed by atoms with van der Waals surface area (Å²) in [6.45, 7) is 9.64. The first-order chi connectivity index (χ1) is 11.3. The number of carbonyl (C=O) groups excluding carboxylic acids is 1. The largest absolute Gasteiger partial charge is 0.481 e. The van der Waals surface area contributed by atoms with E-state index in [9.17, 15) is 9.59 Å². The van der Waals surface area contributed by atoms with Crippen molar-refractivity contribution in [1.82, 2.24) is 5.32 Å². The molecular weight excluding hydrogens is 304 g/mol. The molecule has 0 fully saturated rings. The van der Waals surface area contributed by atoms with Crippen LogP contribution in [0.5, 0.6) is 0 Å². The van der Waals surface area contributed by atoms with E-state index >= 15 is 0 Å². The maximum absolute atomic E-state index is 12.2. The van der Waals surface area contributed by atoms with Gasteiger partial charge in [0.2, 0.25) is 5.91 Å². The van der Waals surface area contributed by atoms with Crippen molar-refractivity contribution in [2.24, 2.45) is 23.5 Å². The molecule has 0 saturated carbocycles. The molecule has 0 saturated heterocycles. The van der Waals surface area contributed by atoms with Gasteiger partial charge in [-0.25, -0.2) is 0 Å². The van der Waals surface area contributed by atoms with Crippen LogP contribution in [0.1, 0.15) is 66.2 Å². The molecule has 0 aromatic rings. The second kappa shape index (κ2) is 13.0. The van der Waals surface area contributed by atoms with Crippen LogP contribution in [-0.4, -0.2) is 30.1 Å². The maximum atomic E-state index is 12.2. The lowest BCUT2D eigenvalue weighted by Crippen LogP contribution is -2.33. The summed E-state index contributed by atoms with van der Waals surface area (Å²) in [6.07, 6.45) is 6.79. The van der Waals surface area contributed by atoms with Gasteiger partial charge in [0.15, 0.2) is 0 Å². The minimum atomic E-state index is -0.939. The van der Waals surface area contributed by atoms with Crippen LogP contribution in [0.25, 0.3) is 0 Å². The first-order valence-electron chi connectivity index (χ1n) is 9.16. The van der Waals surface area contributed by atoms with Crippen molar-refractivity contribution in [2.45, 2.75) is 66.2 Å². The fourth-order valence-electron chi connectivity index (χ4n) is 3.18.